The van der Waals surface area contributed by atoms with E-state index in [1.165, 1.54) is 0 Å². The standard InChI is InChI=1S/C22H30O5/c1-12-8-16-15-5-4-13-9-14(24)6-7-20(13,2)19(15)17(25)10-21(16,3)22(12,27)18(26)11-23/h6-7,9,12,15-17,19,23,25,27H,4-5,8,10-11H2,1-3H3/t12-,15+,16+,17-,19-,20-,21-,22+/m0/s1. The van der Waals surface area contributed by atoms with Crippen molar-refractivity contribution >= 4 is 11.6 Å². The van der Waals surface area contributed by atoms with Crippen LogP contribution in [0.5, 0.6) is 0 Å². The number of rotatable bonds is 2. The highest BCUT2D eigenvalue weighted by Gasteiger charge is 2.70. The SMILES string of the molecule is C[C@H]1C[C@@H]2[C@H]3CCC4=CC(=O)C=C[C@]4(C)[C@@H]3[C@@H](O)C[C@]2(C)[C@]1(O)C(=O)CO. The number of carbonyl (C=O) groups is 2. The van der Waals surface area contributed by atoms with Gasteiger partial charge in [0.15, 0.2) is 11.6 Å². The summed E-state index contributed by atoms with van der Waals surface area (Å²) in [6.07, 6.45) is 7.30. The molecule has 0 saturated heterocycles. The van der Waals surface area contributed by atoms with E-state index in [9.17, 15) is 24.9 Å². The number of hydrogen-bond acceptors (Lipinski definition) is 5. The summed E-state index contributed by atoms with van der Waals surface area (Å²) < 4.78 is 0. The van der Waals surface area contributed by atoms with E-state index in [4.69, 9.17) is 0 Å². The molecule has 0 unspecified atom stereocenters. The zero-order chi connectivity index (χ0) is 19.8. The van der Waals surface area contributed by atoms with Crippen molar-refractivity contribution in [2.75, 3.05) is 6.61 Å². The van der Waals surface area contributed by atoms with Gasteiger partial charge in [0, 0.05) is 16.7 Å². The lowest BCUT2D eigenvalue weighted by Crippen LogP contribution is -2.62. The van der Waals surface area contributed by atoms with Crippen molar-refractivity contribution in [3.63, 3.8) is 0 Å². The Bertz CT molecular complexity index is 754. The van der Waals surface area contributed by atoms with Crippen LogP contribution in [0.25, 0.3) is 0 Å². The summed E-state index contributed by atoms with van der Waals surface area (Å²) in [6, 6.07) is 0. The number of Topliss-reactive ketones (excluding diaryl/α,β-unsaturated/α-hetero) is 1. The molecular formula is C22H30O5. The Morgan fingerprint density at radius 3 is 2.70 bits per heavy atom. The van der Waals surface area contributed by atoms with Gasteiger partial charge in [0.2, 0.25) is 0 Å². The first kappa shape index (κ1) is 19.0. The summed E-state index contributed by atoms with van der Waals surface area (Å²) in [5.41, 5.74) is -1.62. The molecule has 0 heterocycles. The lowest BCUT2D eigenvalue weighted by Gasteiger charge is -2.59. The predicted octanol–water partition coefficient (Wildman–Crippen LogP) is 1.80. The molecule has 0 amide bonds. The van der Waals surface area contributed by atoms with Gasteiger partial charge in [-0.1, -0.05) is 32.4 Å². The van der Waals surface area contributed by atoms with Gasteiger partial charge in [0.25, 0.3) is 0 Å². The Labute approximate surface area is 160 Å². The van der Waals surface area contributed by atoms with Crippen molar-refractivity contribution in [1.29, 1.82) is 0 Å². The number of hydrogen-bond donors (Lipinski definition) is 3. The topological polar surface area (TPSA) is 94.8 Å². The van der Waals surface area contributed by atoms with Crippen molar-refractivity contribution in [2.45, 2.75) is 58.2 Å². The van der Waals surface area contributed by atoms with Crippen molar-refractivity contribution in [1.82, 2.24) is 0 Å². The van der Waals surface area contributed by atoms with Crippen molar-refractivity contribution in [2.24, 2.45) is 34.5 Å². The smallest absolute Gasteiger partial charge is 0.190 e. The number of fused-ring (bicyclic) bond motifs is 5. The highest BCUT2D eigenvalue weighted by atomic mass is 16.3. The van der Waals surface area contributed by atoms with Crippen LogP contribution < -0.4 is 0 Å². The van der Waals surface area contributed by atoms with Crippen LogP contribution >= 0.6 is 0 Å². The Balaban J connectivity index is 1.78. The molecule has 0 spiro atoms. The van der Waals surface area contributed by atoms with Gasteiger partial charge in [-0.05, 0) is 55.6 Å². The fraction of sp³-hybridized carbons (Fsp3) is 0.727. The van der Waals surface area contributed by atoms with Crippen LogP contribution in [0.15, 0.2) is 23.8 Å². The summed E-state index contributed by atoms with van der Waals surface area (Å²) in [5.74, 6) is -0.539. The Hall–Kier alpha value is -1.30. The van der Waals surface area contributed by atoms with Gasteiger partial charge in [0.1, 0.15) is 12.2 Å². The first-order valence-corrected chi connectivity index (χ1v) is 10.1. The van der Waals surface area contributed by atoms with Gasteiger partial charge in [-0.3, -0.25) is 9.59 Å². The maximum absolute atomic E-state index is 12.6. The average Bonchev–Trinajstić information content (AvgIpc) is 2.82. The molecule has 0 bridgehead atoms. The molecule has 27 heavy (non-hydrogen) atoms. The number of allylic oxidation sites excluding steroid dienone is 4. The Morgan fingerprint density at radius 1 is 1.33 bits per heavy atom. The lowest BCUT2D eigenvalue weighted by atomic mass is 9.46. The van der Waals surface area contributed by atoms with Gasteiger partial charge in [-0.15, -0.1) is 0 Å². The predicted molar refractivity (Wildman–Crippen MR) is 99.6 cm³/mol. The summed E-state index contributed by atoms with van der Waals surface area (Å²) in [7, 11) is 0. The third-order valence-corrected chi connectivity index (χ3v) is 8.65. The minimum atomic E-state index is -1.60. The second-order valence-corrected chi connectivity index (χ2v) is 9.70. The van der Waals surface area contributed by atoms with Gasteiger partial charge in [-0.25, -0.2) is 0 Å². The van der Waals surface area contributed by atoms with Gasteiger partial charge in [0.05, 0.1) is 6.10 Å². The van der Waals surface area contributed by atoms with Crippen LogP contribution in [-0.2, 0) is 9.59 Å². The zero-order valence-corrected chi connectivity index (χ0v) is 16.3. The lowest BCUT2D eigenvalue weighted by molar-refractivity contribution is -0.183. The summed E-state index contributed by atoms with van der Waals surface area (Å²) in [6.45, 7) is 5.23. The molecule has 0 aliphatic heterocycles. The van der Waals surface area contributed by atoms with Crippen molar-refractivity contribution in [3.8, 4) is 0 Å². The van der Waals surface area contributed by atoms with E-state index < -0.39 is 29.5 Å². The van der Waals surface area contributed by atoms with Gasteiger partial charge >= 0.3 is 0 Å². The number of aliphatic hydroxyl groups excluding tert-OH is 2. The molecule has 5 heteroatoms. The van der Waals surface area contributed by atoms with Gasteiger partial charge in [-0.2, -0.15) is 0 Å². The van der Waals surface area contributed by atoms with E-state index in [2.05, 4.69) is 6.92 Å². The van der Waals surface area contributed by atoms with Crippen LogP contribution in [0, 0.1) is 34.5 Å². The molecule has 3 saturated carbocycles. The second kappa shape index (κ2) is 5.85. The molecule has 4 rings (SSSR count). The number of aliphatic hydroxyl groups is 3. The highest BCUT2D eigenvalue weighted by Crippen LogP contribution is 2.68. The fourth-order valence-electron chi connectivity index (χ4n) is 7.37. The molecule has 0 aromatic carbocycles. The van der Waals surface area contributed by atoms with Crippen LogP contribution in [-0.4, -0.2) is 45.2 Å². The van der Waals surface area contributed by atoms with E-state index in [1.807, 2.05) is 19.9 Å². The second-order valence-electron chi connectivity index (χ2n) is 9.70. The third kappa shape index (κ3) is 2.22. The molecule has 8 atom stereocenters. The molecule has 3 N–H and O–H groups in total. The largest absolute Gasteiger partial charge is 0.393 e. The molecule has 0 aromatic heterocycles. The molecule has 0 radical (unpaired) electrons. The van der Waals surface area contributed by atoms with Crippen LogP contribution in [0.3, 0.4) is 0 Å². The molecule has 0 aromatic rings. The Morgan fingerprint density at radius 2 is 2.04 bits per heavy atom. The summed E-state index contributed by atoms with van der Waals surface area (Å²) in [4.78, 5) is 24.4. The molecule has 4 aliphatic rings. The van der Waals surface area contributed by atoms with E-state index in [0.29, 0.717) is 12.8 Å². The fourth-order valence-corrected chi connectivity index (χ4v) is 7.37. The first-order chi connectivity index (χ1) is 12.6. The Kier molecular flexibility index (Phi) is 4.12. The first-order valence-electron chi connectivity index (χ1n) is 10.1. The maximum atomic E-state index is 12.6. The van der Waals surface area contributed by atoms with Crippen molar-refractivity contribution < 1.29 is 24.9 Å². The van der Waals surface area contributed by atoms with Crippen LogP contribution in [0.2, 0.25) is 0 Å². The van der Waals surface area contributed by atoms with E-state index in [1.54, 1.807) is 12.2 Å². The molecule has 5 nitrogen and oxygen atoms in total. The monoisotopic (exact) mass is 374 g/mol. The quantitative estimate of drug-likeness (QED) is 0.685. The zero-order valence-electron chi connectivity index (χ0n) is 16.3. The third-order valence-electron chi connectivity index (χ3n) is 8.65. The normalized spacial score (nSPS) is 51.3. The van der Waals surface area contributed by atoms with Gasteiger partial charge < -0.3 is 15.3 Å². The minimum Gasteiger partial charge on any atom is -0.393 e. The number of ketones is 2. The maximum Gasteiger partial charge on any atom is 0.190 e. The van der Waals surface area contributed by atoms with E-state index in [0.717, 1.165) is 18.4 Å². The molecule has 4 aliphatic carbocycles. The average molecular weight is 374 g/mol. The van der Waals surface area contributed by atoms with E-state index in [-0.39, 0.29) is 34.9 Å². The summed E-state index contributed by atoms with van der Waals surface area (Å²) in [5, 5.41) is 32.1. The van der Waals surface area contributed by atoms with E-state index >= 15 is 0 Å². The van der Waals surface area contributed by atoms with Crippen LogP contribution in [0.1, 0.15) is 46.5 Å². The summed E-state index contributed by atoms with van der Waals surface area (Å²) >= 11 is 0. The van der Waals surface area contributed by atoms with Crippen LogP contribution in [0.4, 0.5) is 0 Å². The molecule has 3 fully saturated rings. The molecular weight excluding hydrogens is 344 g/mol. The van der Waals surface area contributed by atoms with Crippen molar-refractivity contribution in [3.05, 3.63) is 23.8 Å². The molecule has 148 valence electrons. The minimum absolute atomic E-state index is 0.00784. The highest BCUT2D eigenvalue weighted by molar-refractivity contribution is 6.01. The number of carbonyl (C=O) groups excluding carboxylic acids is 2.